The number of hydrogen-bond donors (Lipinski definition) is 1. The van der Waals surface area contributed by atoms with E-state index >= 15 is 0 Å². The number of carbonyl (C=O) groups is 1. The zero-order valence-electron chi connectivity index (χ0n) is 28.5. The summed E-state index contributed by atoms with van der Waals surface area (Å²) in [6.07, 6.45) is -0.853. The van der Waals surface area contributed by atoms with Crippen LogP contribution in [-0.2, 0) is 4.79 Å². The van der Waals surface area contributed by atoms with Gasteiger partial charge in [-0.3, -0.25) is 9.69 Å². The van der Waals surface area contributed by atoms with Crippen molar-refractivity contribution in [2.45, 2.75) is 25.0 Å². The van der Waals surface area contributed by atoms with Gasteiger partial charge in [-0.1, -0.05) is 72.8 Å². The average Bonchev–Trinajstić information content (AvgIpc) is 3.18. The molecule has 3 atom stereocenters. The number of nitriles is 1. The number of nitrogens with two attached hydrogens (primary N) is 1. The Kier molecular flexibility index (Phi) is 7.59. The number of fused-ring (bicyclic) bond motifs is 5. The minimum Gasteiger partial charge on any atom is -0.494 e. The fourth-order valence-electron chi connectivity index (χ4n) is 7.67. The molecule has 9 heteroatoms. The summed E-state index contributed by atoms with van der Waals surface area (Å²) in [6.45, 7) is 2.47. The lowest BCUT2D eigenvalue weighted by Crippen LogP contribution is -2.61. The maximum absolute atomic E-state index is 14.2. The number of carbonyl (C=O) groups excluding carboxylic acids is 1. The largest absolute Gasteiger partial charge is 0.494 e. The second kappa shape index (κ2) is 12.6. The minimum absolute atomic E-state index is 0.0827. The van der Waals surface area contributed by atoms with E-state index in [9.17, 15) is 14.9 Å². The van der Waals surface area contributed by atoms with Crippen LogP contribution in [0.2, 0.25) is 0 Å². The molecule has 258 valence electrons. The van der Waals surface area contributed by atoms with Gasteiger partial charge in [0.05, 0.1) is 23.5 Å². The molecule has 0 radical (unpaired) electrons. The molecule has 1 saturated heterocycles. The Morgan fingerprint density at radius 1 is 0.774 bits per heavy atom. The molecule has 2 aliphatic heterocycles. The monoisotopic (exact) mass is 697 g/mol. The number of β-lactam (4-membered cyclic amide) rings is 1. The van der Waals surface area contributed by atoms with Crippen LogP contribution in [0.25, 0.3) is 32.5 Å². The molecule has 53 heavy (non-hydrogen) atoms. The zero-order valence-corrected chi connectivity index (χ0v) is 28.5. The zero-order chi connectivity index (χ0) is 36.2. The smallest absolute Gasteiger partial charge is 0.344 e. The molecule has 2 aliphatic rings. The molecule has 1 fully saturated rings. The first-order valence-electron chi connectivity index (χ1n) is 17.3. The normalized spacial score (nSPS) is 18.0. The van der Waals surface area contributed by atoms with Crippen LogP contribution in [0.1, 0.15) is 35.6 Å². The van der Waals surface area contributed by atoms with E-state index in [2.05, 4.69) is 36.4 Å². The lowest BCUT2D eigenvalue weighted by Gasteiger charge is -2.47. The molecule has 6 aromatic carbocycles. The van der Waals surface area contributed by atoms with Crippen LogP contribution in [0, 0.1) is 11.3 Å². The summed E-state index contributed by atoms with van der Waals surface area (Å²) in [4.78, 5) is 29.4. The van der Waals surface area contributed by atoms with Gasteiger partial charge in [0.1, 0.15) is 34.8 Å². The summed E-state index contributed by atoms with van der Waals surface area (Å²) in [6, 6.07) is 41.7. The van der Waals surface area contributed by atoms with E-state index in [1.165, 1.54) is 0 Å². The fourth-order valence-corrected chi connectivity index (χ4v) is 7.67. The number of hydrogen-bond acceptors (Lipinski definition) is 8. The highest BCUT2D eigenvalue weighted by atomic mass is 16.5. The number of anilines is 1. The summed E-state index contributed by atoms with van der Waals surface area (Å²) >= 11 is 0. The van der Waals surface area contributed by atoms with Crippen molar-refractivity contribution in [1.82, 2.24) is 0 Å². The number of rotatable bonds is 7. The van der Waals surface area contributed by atoms with Gasteiger partial charge in [-0.15, -0.1) is 0 Å². The Hall–Kier alpha value is -7.05. The molecule has 1 amide bonds. The molecule has 9 nitrogen and oxygen atoms in total. The quantitative estimate of drug-likeness (QED) is 0.100. The van der Waals surface area contributed by atoms with Crippen LogP contribution >= 0.6 is 0 Å². The molecular formula is C44H31N3O6. The third kappa shape index (κ3) is 5.15. The first-order chi connectivity index (χ1) is 25.9. The van der Waals surface area contributed by atoms with E-state index in [1.54, 1.807) is 53.4 Å². The number of ether oxygens (including phenoxy) is 3. The van der Waals surface area contributed by atoms with E-state index in [0.29, 0.717) is 28.9 Å². The molecule has 0 aliphatic carbocycles. The first-order valence-corrected chi connectivity index (χ1v) is 17.3. The van der Waals surface area contributed by atoms with Crippen LogP contribution in [-0.4, -0.2) is 18.6 Å². The predicted octanol–water partition coefficient (Wildman–Crippen LogP) is 8.25. The van der Waals surface area contributed by atoms with Gasteiger partial charge in [0.2, 0.25) is 12.0 Å². The number of para-hydroxylation sites is 1. The lowest BCUT2D eigenvalue weighted by molar-refractivity contribution is -0.134. The standard InChI is InChI=1S/C44H31N3O6/c1-2-50-29-21-17-28(18-22-29)47-39(37-31-11-5-3-9-26(31)23-27-10-4-6-12-32(27)37)41(43(47)48)51-30-19-15-25(16-20-30)36-34(24-45)42(46)53-40-33-13-7-8-14-35(33)52-44(49)38(36)40/h3-23,36,39,41H,2,46H2,1H3/t36?,39-,41+/m0/s1. The molecular weight excluding hydrogens is 666 g/mol. The Morgan fingerprint density at radius 2 is 1.40 bits per heavy atom. The fraction of sp³-hybridized carbons (Fsp3) is 0.114. The van der Waals surface area contributed by atoms with Crippen molar-refractivity contribution in [3.8, 4) is 23.3 Å². The summed E-state index contributed by atoms with van der Waals surface area (Å²) in [5.74, 6) is 0.318. The van der Waals surface area contributed by atoms with E-state index in [0.717, 1.165) is 38.5 Å². The van der Waals surface area contributed by atoms with E-state index in [-0.39, 0.29) is 28.7 Å². The number of allylic oxidation sites excluding steroid dienone is 1. The molecule has 9 rings (SSSR count). The van der Waals surface area contributed by atoms with Gasteiger partial charge < -0.3 is 24.4 Å². The molecule has 3 heterocycles. The molecule has 7 aromatic rings. The lowest BCUT2D eigenvalue weighted by atomic mass is 9.83. The third-order valence-corrected chi connectivity index (χ3v) is 10.0. The summed E-state index contributed by atoms with van der Waals surface area (Å²) in [7, 11) is 0. The van der Waals surface area contributed by atoms with Crippen molar-refractivity contribution in [3.05, 3.63) is 166 Å². The van der Waals surface area contributed by atoms with Gasteiger partial charge in [0, 0.05) is 5.69 Å². The molecule has 0 bridgehead atoms. The summed E-state index contributed by atoms with van der Waals surface area (Å²) < 4.78 is 23.8. The summed E-state index contributed by atoms with van der Waals surface area (Å²) in [5.41, 5.74) is 8.61. The van der Waals surface area contributed by atoms with Crippen LogP contribution in [0.15, 0.2) is 148 Å². The van der Waals surface area contributed by atoms with Crippen molar-refractivity contribution in [3.63, 3.8) is 0 Å². The van der Waals surface area contributed by atoms with Gasteiger partial charge in [0.15, 0.2) is 5.75 Å². The molecule has 2 N–H and O–H groups in total. The van der Waals surface area contributed by atoms with Gasteiger partial charge in [-0.05, 0) is 94.2 Å². The van der Waals surface area contributed by atoms with Gasteiger partial charge >= 0.3 is 5.63 Å². The Balaban J connectivity index is 1.12. The summed E-state index contributed by atoms with van der Waals surface area (Å²) in [5, 5.41) is 14.9. The number of amides is 1. The van der Waals surface area contributed by atoms with Crippen LogP contribution in [0.5, 0.6) is 17.2 Å². The SMILES string of the molecule is CCOc1ccc(N2C(=O)[C@H](Oc3ccc(C4C(C#N)=C(N)Oc5c4c(=O)oc4ccccc54)cc3)[C@@H]2c2c3ccccc3cc3ccccc23)cc1. The van der Waals surface area contributed by atoms with E-state index in [4.69, 9.17) is 24.4 Å². The topological polar surface area (TPSA) is 128 Å². The van der Waals surface area contributed by atoms with Gasteiger partial charge in [0.25, 0.3) is 5.91 Å². The van der Waals surface area contributed by atoms with E-state index < -0.39 is 23.7 Å². The Bertz CT molecular complexity index is 2680. The Morgan fingerprint density at radius 3 is 2.06 bits per heavy atom. The maximum atomic E-state index is 14.2. The molecule has 0 spiro atoms. The van der Waals surface area contributed by atoms with Crippen molar-refractivity contribution in [1.29, 1.82) is 5.26 Å². The maximum Gasteiger partial charge on any atom is 0.344 e. The van der Waals surface area contributed by atoms with Crippen molar-refractivity contribution >= 4 is 44.1 Å². The predicted molar refractivity (Wildman–Crippen MR) is 202 cm³/mol. The first kappa shape index (κ1) is 31.9. The van der Waals surface area contributed by atoms with Gasteiger partial charge in [-0.25, -0.2) is 4.79 Å². The van der Waals surface area contributed by atoms with Crippen LogP contribution < -0.4 is 30.5 Å². The highest BCUT2D eigenvalue weighted by molar-refractivity contribution is 6.10. The average molecular weight is 698 g/mol. The molecule has 1 aromatic heterocycles. The number of benzene rings is 6. The second-order valence-corrected chi connectivity index (χ2v) is 13.0. The highest BCUT2D eigenvalue weighted by Crippen LogP contribution is 2.47. The van der Waals surface area contributed by atoms with Crippen molar-refractivity contribution < 1.29 is 23.4 Å². The third-order valence-electron chi connectivity index (χ3n) is 10.0. The van der Waals surface area contributed by atoms with Crippen molar-refractivity contribution in [2.75, 3.05) is 11.5 Å². The van der Waals surface area contributed by atoms with Gasteiger partial charge in [-0.2, -0.15) is 5.26 Å². The number of nitrogens with zero attached hydrogens (tertiary/aromatic N) is 2. The minimum atomic E-state index is -0.853. The van der Waals surface area contributed by atoms with Crippen molar-refractivity contribution in [2.24, 2.45) is 5.73 Å². The van der Waals surface area contributed by atoms with Crippen LogP contribution in [0.3, 0.4) is 0 Å². The van der Waals surface area contributed by atoms with E-state index in [1.807, 2.05) is 55.5 Å². The highest BCUT2D eigenvalue weighted by Gasteiger charge is 2.52. The molecule has 0 saturated carbocycles. The Labute approximate surface area is 303 Å². The van der Waals surface area contributed by atoms with Crippen LogP contribution in [0.4, 0.5) is 5.69 Å². The second-order valence-electron chi connectivity index (χ2n) is 13.0. The molecule has 1 unspecified atom stereocenters.